The van der Waals surface area contributed by atoms with Crippen LogP contribution in [-0.4, -0.2) is 34.1 Å². The van der Waals surface area contributed by atoms with Gasteiger partial charge in [-0.1, -0.05) is 59.7 Å². The Morgan fingerprint density at radius 3 is 1.18 bits per heavy atom. The van der Waals surface area contributed by atoms with E-state index in [1.165, 1.54) is 0 Å². The Labute approximate surface area is 161 Å². The van der Waals surface area contributed by atoms with Crippen LogP contribution in [0.4, 0.5) is 0 Å². The number of carboxylic acid groups (broad SMARTS) is 2. The number of carbonyl (C=O) groups excluding carboxylic acids is 2. The molecule has 0 aliphatic rings. The Hall–Kier alpha value is -3.68. The largest absolute Gasteiger partial charge is 0.473 e. The highest BCUT2D eigenvalue weighted by Gasteiger charge is 2.17. The molecular formula is C20H20O8. The average molecular weight is 388 g/mol. The van der Waals surface area contributed by atoms with Crippen LogP contribution in [0.25, 0.3) is 0 Å². The predicted molar refractivity (Wildman–Crippen MR) is 97.2 cm³/mol. The van der Waals surface area contributed by atoms with E-state index in [1.807, 2.05) is 62.4 Å². The number of aliphatic carboxylic acids is 2. The number of hydrogen-bond acceptors (Lipinski definition) is 6. The molecule has 2 aromatic rings. The number of aryl methyl sites for hydroxylation is 2. The Balaban J connectivity index is 0.000000568. The van der Waals surface area contributed by atoms with E-state index < -0.39 is 23.9 Å². The minimum Gasteiger partial charge on any atom is -0.473 e. The van der Waals surface area contributed by atoms with Gasteiger partial charge in [-0.05, 0) is 25.0 Å². The van der Waals surface area contributed by atoms with Gasteiger partial charge >= 0.3 is 23.9 Å². The van der Waals surface area contributed by atoms with Gasteiger partial charge in [-0.3, -0.25) is 0 Å². The highest BCUT2D eigenvalue weighted by molar-refractivity contribution is 6.29. The summed E-state index contributed by atoms with van der Waals surface area (Å²) in [5.41, 5.74) is 3.88. The molecule has 8 heteroatoms. The number of carboxylic acids is 2. The van der Waals surface area contributed by atoms with Gasteiger partial charge in [0.05, 0.1) is 0 Å². The second-order valence-electron chi connectivity index (χ2n) is 5.73. The lowest BCUT2D eigenvalue weighted by Crippen LogP contribution is -2.20. The molecule has 2 N–H and O–H groups in total. The van der Waals surface area contributed by atoms with E-state index in [2.05, 4.69) is 0 Å². The van der Waals surface area contributed by atoms with E-state index >= 15 is 0 Å². The van der Waals surface area contributed by atoms with Crippen molar-refractivity contribution in [3.63, 3.8) is 0 Å². The molecule has 0 aliphatic heterocycles. The van der Waals surface area contributed by atoms with Crippen molar-refractivity contribution in [1.29, 1.82) is 0 Å². The fraction of sp³-hybridized carbons (Fsp3) is 0.200. The zero-order chi connectivity index (χ0) is 21.1. The van der Waals surface area contributed by atoms with Crippen molar-refractivity contribution < 1.29 is 38.9 Å². The lowest BCUT2D eigenvalue weighted by atomic mass is 10.2. The normalized spacial score (nSPS) is 9.50. The van der Waals surface area contributed by atoms with Gasteiger partial charge in [0.25, 0.3) is 0 Å². The van der Waals surface area contributed by atoms with E-state index in [9.17, 15) is 9.59 Å². The van der Waals surface area contributed by atoms with Crippen molar-refractivity contribution in [1.82, 2.24) is 0 Å². The Morgan fingerprint density at radius 2 is 0.929 bits per heavy atom. The monoisotopic (exact) mass is 388 g/mol. The number of esters is 2. The molecule has 2 aromatic carbocycles. The van der Waals surface area contributed by atoms with Crippen molar-refractivity contribution in [2.75, 3.05) is 0 Å². The van der Waals surface area contributed by atoms with Gasteiger partial charge in [-0.25, -0.2) is 19.2 Å². The fourth-order valence-corrected chi connectivity index (χ4v) is 1.78. The average Bonchev–Trinajstić information content (AvgIpc) is 2.67. The van der Waals surface area contributed by atoms with Crippen molar-refractivity contribution >= 4 is 23.9 Å². The molecular weight excluding hydrogens is 368 g/mol. The van der Waals surface area contributed by atoms with Crippen LogP contribution in [0, 0.1) is 13.8 Å². The van der Waals surface area contributed by atoms with Gasteiger partial charge in [0.15, 0.2) is 0 Å². The molecule has 0 aliphatic carbocycles. The molecule has 0 spiro atoms. The maximum absolute atomic E-state index is 11.6. The first-order valence-corrected chi connectivity index (χ1v) is 8.10. The molecule has 0 radical (unpaired) electrons. The van der Waals surface area contributed by atoms with E-state index in [0.717, 1.165) is 22.3 Å². The molecule has 0 heterocycles. The highest BCUT2D eigenvalue weighted by Crippen LogP contribution is 2.07. The molecule has 0 saturated heterocycles. The third-order valence-electron chi connectivity index (χ3n) is 3.33. The van der Waals surface area contributed by atoms with Gasteiger partial charge in [0.2, 0.25) is 0 Å². The maximum Gasteiger partial charge on any atom is 0.417 e. The third kappa shape index (κ3) is 8.61. The minimum atomic E-state index is -1.82. The van der Waals surface area contributed by atoms with Crippen molar-refractivity contribution in [3.05, 3.63) is 70.8 Å². The van der Waals surface area contributed by atoms with Crippen LogP contribution < -0.4 is 0 Å². The molecule has 0 aromatic heterocycles. The smallest absolute Gasteiger partial charge is 0.417 e. The molecule has 2 rings (SSSR count). The summed E-state index contributed by atoms with van der Waals surface area (Å²) in [6.45, 7) is 4.05. The first-order chi connectivity index (χ1) is 13.2. The number of ether oxygens (including phenoxy) is 2. The second kappa shape index (κ2) is 11.1. The van der Waals surface area contributed by atoms with Crippen molar-refractivity contribution in [2.24, 2.45) is 0 Å². The first kappa shape index (κ1) is 22.4. The quantitative estimate of drug-likeness (QED) is 0.603. The summed E-state index contributed by atoms with van der Waals surface area (Å²) in [5.74, 6) is -5.61. The standard InChI is InChI=1S/C18H18O4.C2H2O4/c1-13-3-7-15(8-4-13)11-21-17(19)18(20)22-12-16-9-5-14(2)6-10-16;3-1(4)2(5)6/h3-10H,11-12H2,1-2H3;(H,3,4)(H,5,6). The first-order valence-electron chi connectivity index (χ1n) is 8.10. The van der Waals surface area contributed by atoms with E-state index in [0.29, 0.717) is 0 Å². The number of benzene rings is 2. The molecule has 0 atom stereocenters. The van der Waals surface area contributed by atoms with Gasteiger partial charge in [0.1, 0.15) is 13.2 Å². The number of carbonyl (C=O) groups is 4. The number of rotatable bonds is 4. The van der Waals surface area contributed by atoms with Crippen molar-refractivity contribution in [3.8, 4) is 0 Å². The molecule has 0 saturated carbocycles. The zero-order valence-corrected chi connectivity index (χ0v) is 15.4. The summed E-state index contributed by atoms with van der Waals surface area (Å²) in [6, 6.07) is 15.1. The van der Waals surface area contributed by atoms with E-state index in [4.69, 9.17) is 29.3 Å². The molecule has 28 heavy (non-hydrogen) atoms. The Morgan fingerprint density at radius 1 is 0.643 bits per heavy atom. The van der Waals surface area contributed by atoms with Crippen LogP contribution >= 0.6 is 0 Å². The number of hydrogen-bond donors (Lipinski definition) is 2. The van der Waals surface area contributed by atoms with Gasteiger partial charge in [-0.2, -0.15) is 0 Å². The summed E-state index contributed by atoms with van der Waals surface area (Å²) >= 11 is 0. The summed E-state index contributed by atoms with van der Waals surface area (Å²) in [6.07, 6.45) is 0. The van der Waals surface area contributed by atoms with Crippen LogP contribution in [0.2, 0.25) is 0 Å². The molecule has 148 valence electrons. The van der Waals surface area contributed by atoms with Gasteiger partial charge in [-0.15, -0.1) is 0 Å². The summed E-state index contributed by atoms with van der Waals surface area (Å²) in [4.78, 5) is 41.3. The molecule has 0 amide bonds. The van der Waals surface area contributed by atoms with E-state index in [1.54, 1.807) is 0 Å². The van der Waals surface area contributed by atoms with Crippen LogP contribution in [0.15, 0.2) is 48.5 Å². The lowest BCUT2D eigenvalue weighted by molar-refractivity contribution is -0.169. The highest BCUT2D eigenvalue weighted by atomic mass is 16.6. The Kier molecular flexibility index (Phi) is 8.88. The minimum absolute atomic E-state index is 0.0543. The molecule has 0 unspecified atom stereocenters. The zero-order valence-electron chi connectivity index (χ0n) is 15.4. The van der Waals surface area contributed by atoms with Crippen LogP contribution in [0.5, 0.6) is 0 Å². The molecule has 0 bridgehead atoms. The summed E-state index contributed by atoms with van der Waals surface area (Å²) in [7, 11) is 0. The third-order valence-corrected chi connectivity index (χ3v) is 3.33. The van der Waals surface area contributed by atoms with E-state index in [-0.39, 0.29) is 13.2 Å². The topological polar surface area (TPSA) is 127 Å². The second-order valence-corrected chi connectivity index (χ2v) is 5.73. The Bertz CT molecular complexity index is 751. The maximum atomic E-state index is 11.6. The predicted octanol–water partition coefficient (Wildman–Crippen LogP) is 2.25. The van der Waals surface area contributed by atoms with Crippen LogP contribution in [0.1, 0.15) is 22.3 Å². The fourth-order valence-electron chi connectivity index (χ4n) is 1.78. The van der Waals surface area contributed by atoms with Crippen LogP contribution in [0.3, 0.4) is 0 Å². The summed E-state index contributed by atoms with van der Waals surface area (Å²) < 4.78 is 9.85. The molecule has 8 nitrogen and oxygen atoms in total. The lowest BCUT2D eigenvalue weighted by Gasteiger charge is -2.06. The summed E-state index contributed by atoms with van der Waals surface area (Å²) in [5, 5.41) is 14.8. The van der Waals surface area contributed by atoms with Gasteiger partial charge in [0, 0.05) is 0 Å². The SMILES string of the molecule is Cc1ccc(COC(=O)C(=O)OCc2ccc(C)cc2)cc1.O=C(O)C(=O)O. The van der Waals surface area contributed by atoms with Crippen molar-refractivity contribution in [2.45, 2.75) is 27.1 Å². The molecule has 0 fully saturated rings. The van der Waals surface area contributed by atoms with Gasteiger partial charge < -0.3 is 19.7 Å². The van der Waals surface area contributed by atoms with Crippen LogP contribution in [-0.2, 0) is 41.9 Å².